The Kier molecular flexibility index (Phi) is 5.85. The number of carboxylic acids is 1. The second kappa shape index (κ2) is 7.88. The molecule has 0 saturated carbocycles. The summed E-state index contributed by atoms with van der Waals surface area (Å²) < 4.78 is 32.9. The van der Waals surface area contributed by atoms with Gasteiger partial charge in [-0.05, 0) is 43.0 Å². The molecule has 25 heavy (non-hydrogen) atoms. The largest absolute Gasteiger partial charge is 0.549 e. The minimum atomic E-state index is -2.24. The summed E-state index contributed by atoms with van der Waals surface area (Å²) in [5, 5.41) is 11.9. The van der Waals surface area contributed by atoms with Gasteiger partial charge in [-0.2, -0.15) is 0 Å². The molecular formula is C19H17F2O4-. The van der Waals surface area contributed by atoms with Crippen LogP contribution in [0, 0.1) is 17.0 Å². The van der Waals surface area contributed by atoms with Crippen molar-refractivity contribution in [3.05, 3.63) is 71.3 Å². The van der Waals surface area contributed by atoms with E-state index in [9.17, 15) is 23.5 Å². The van der Waals surface area contributed by atoms with Crippen molar-refractivity contribution in [3.63, 3.8) is 0 Å². The number of aliphatic carboxylic acids is 1. The molecule has 2 aromatic rings. The van der Waals surface area contributed by atoms with E-state index in [0.29, 0.717) is 0 Å². The van der Waals surface area contributed by atoms with Crippen LogP contribution in [-0.4, -0.2) is 18.5 Å². The molecule has 0 unspecified atom stereocenters. The molecular weight excluding hydrogens is 330 g/mol. The highest BCUT2D eigenvalue weighted by Crippen LogP contribution is 2.31. The van der Waals surface area contributed by atoms with Gasteiger partial charge in [-0.3, -0.25) is 4.79 Å². The van der Waals surface area contributed by atoms with E-state index in [0.717, 1.165) is 12.1 Å². The molecule has 0 atom stereocenters. The zero-order valence-corrected chi connectivity index (χ0v) is 13.6. The monoisotopic (exact) mass is 347 g/mol. The average Bonchev–Trinajstić information content (AvgIpc) is 2.58. The number of carbonyl (C=O) groups excluding carboxylic acids is 2. The summed E-state index contributed by atoms with van der Waals surface area (Å²) in [6.45, 7) is 1.45. The van der Waals surface area contributed by atoms with Gasteiger partial charge in [0, 0.05) is 0 Å². The zero-order chi connectivity index (χ0) is 18.4. The summed E-state index contributed by atoms with van der Waals surface area (Å²) in [6.07, 6.45) is -1.01. The van der Waals surface area contributed by atoms with Gasteiger partial charge in [-0.25, -0.2) is 8.78 Å². The second-order valence-corrected chi connectivity index (χ2v) is 5.63. The third-order valence-corrected chi connectivity index (χ3v) is 3.96. The molecule has 0 heterocycles. The molecule has 6 heteroatoms. The Balaban J connectivity index is 2.52. The fraction of sp³-hybridized carbons (Fsp3) is 0.263. The predicted molar refractivity (Wildman–Crippen MR) is 84.3 cm³/mol. The smallest absolute Gasteiger partial charge is 0.318 e. The predicted octanol–water partition coefficient (Wildman–Crippen LogP) is 2.05. The summed E-state index contributed by atoms with van der Waals surface area (Å²) in [5.41, 5.74) is -2.22. The van der Waals surface area contributed by atoms with Crippen LogP contribution in [0.1, 0.15) is 18.1 Å². The Morgan fingerprint density at radius 2 is 1.40 bits per heavy atom. The number of hydrogen-bond donors (Lipinski definition) is 0. The van der Waals surface area contributed by atoms with E-state index >= 15 is 0 Å². The third kappa shape index (κ3) is 4.02. The summed E-state index contributed by atoms with van der Waals surface area (Å²) in [7, 11) is 0. The van der Waals surface area contributed by atoms with E-state index in [1.54, 1.807) is 0 Å². The lowest BCUT2D eigenvalue weighted by Crippen LogP contribution is -2.52. The van der Waals surface area contributed by atoms with Crippen molar-refractivity contribution in [2.75, 3.05) is 6.61 Å². The van der Waals surface area contributed by atoms with Gasteiger partial charge in [0.15, 0.2) is 0 Å². The van der Waals surface area contributed by atoms with Crippen LogP contribution in [0.4, 0.5) is 8.78 Å². The van der Waals surface area contributed by atoms with Crippen molar-refractivity contribution in [2.45, 2.75) is 19.8 Å². The van der Waals surface area contributed by atoms with Crippen molar-refractivity contribution in [2.24, 2.45) is 5.41 Å². The number of ether oxygens (including phenoxy) is 1. The van der Waals surface area contributed by atoms with E-state index < -0.39 is 41.8 Å². The Hall–Kier alpha value is -2.76. The Morgan fingerprint density at radius 3 is 1.76 bits per heavy atom. The number of hydrogen-bond acceptors (Lipinski definition) is 4. The molecule has 0 radical (unpaired) electrons. The number of halogens is 2. The van der Waals surface area contributed by atoms with Gasteiger partial charge in [0.05, 0.1) is 12.6 Å². The maximum atomic E-state index is 14.0. The SMILES string of the molecule is CCOC(=O)C(Cc1ccccc1F)(Cc1ccccc1F)C(=O)[O-]. The number of benzene rings is 2. The molecule has 0 saturated heterocycles. The molecule has 0 aliphatic carbocycles. The van der Waals surface area contributed by atoms with Crippen LogP contribution in [-0.2, 0) is 27.2 Å². The van der Waals surface area contributed by atoms with E-state index in [1.807, 2.05) is 0 Å². The van der Waals surface area contributed by atoms with Crippen LogP contribution in [0.25, 0.3) is 0 Å². The maximum absolute atomic E-state index is 14.0. The van der Waals surface area contributed by atoms with E-state index in [2.05, 4.69) is 0 Å². The minimum Gasteiger partial charge on any atom is -0.549 e. The van der Waals surface area contributed by atoms with Gasteiger partial charge in [-0.1, -0.05) is 36.4 Å². The lowest BCUT2D eigenvalue weighted by atomic mass is 9.76. The van der Waals surface area contributed by atoms with Gasteiger partial charge in [0.25, 0.3) is 0 Å². The molecule has 2 aromatic carbocycles. The first-order valence-electron chi connectivity index (χ1n) is 7.76. The molecule has 0 N–H and O–H groups in total. The molecule has 0 aliphatic rings. The fourth-order valence-electron chi connectivity index (χ4n) is 2.64. The first-order valence-corrected chi connectivity index (χ1v) is 7.76. The molecule has 132 valence electrons. The van der Waals surface area contributed by atoms with Crippen LogP contribution in [0.2, 0.25) is 0 Å². The van der Waals surface area contributed by atoms with Crippen LogP contribution in [0.3, 0.4) is 0 Å². The van der Waals surface area contributed by atoms with E-state index in [1.165, 1.54) is 43.3 Å². The molecule has 0 aliphatic heterocycles. The molecule has 4 nitrogen and oxygen atoms in total. The van der Waals surface area contributed by atoms with Gasteiger partial charge >= 0.3 is 5.97 Å². The molecule has 0 bridgehead atoms. The second-order valence-electron chi connectivity index (χ2n) is 5.63. The maximum Gasteiger partial charge on any atom is 0.318 e. The molecule has 0 fully saturated rings. The first kappa shape index (κ1) is 18.6. The molecule has 0 spiro atoms. The van der Waals surface area contributed by atoms with Gasteiger partial charge < -0.3 is 14.6 Å². The van der Waals surface area contributed by atoms with Crippen molar-refractivity contribution in [1.29, 1.82) is 0 Å². The van der Waals surface area contributed by atoms with Crippen molar-refractivity contribution in [3.8, 4) is 0 Å². The Bertz CT molecular complexity index is 726. The van der Waals surface area contributed by atoms with Crippen molar-refractivity contribution >= 4 is 11.9 Å². The average molecular weight is 347 g/mol. The number of esters is 1. The normalized spacial score (nSPS) is 11.2. The first-order chi connectivity index (χ1) is 11.9. The highest BCUT2D eigenvalue weighted by Gasteiger charge is 2.43. The van der Waals surface area contributed by atoms with Gasteiger partial charge in [0.1, 0.15) is 17.0 Å². The minimum absolute atomic E-state index is 0.0103. The number of carboxylic acid groups (broad SMARTS) is 1. The Morgan fingerprint density at radius 1 is 0.960 bits per heavy atom. The summed E-state index contributed by atoms with van der Waals surface area (Å²) in [5.74, 6) is -4.14. The van der Waals surface area contributed by atoms with E-state index in [-0.39, 0.29) is 17.7 Å². The van der Waals surface area contributed by atoms with Gasteiger partial charge in [-0.15, -0.1) is 0 Å². The lowest BCUT2D eigenvalue weighted by molar-refractivity contribution is -0.318. The van der Waals surface area contributed by atoms with Gasteiger partial charge in [0.2, 0.25) is 0 Å². The number of carbonyl (C=O) groups is 2. The summed E-state index contributed by atoms with van der Waals surface area (Å²) >= 11 is 0. The number of rotatable bonds is 7. The highest BCUT2D eigenvalue weighted by atomic mass is 19.1. The lowest BCUT2D eigenvalue weighted by Gasteiger charge is -2.33. The molecule has 0 amide bonds. The molecule has 2 rings (SSSR count). The van der Waals surface area contributed by atoms with Crippen LogP contribution in [0.5, 0.6) is 0 Å². The standard InChI is InChI=1S/C19H18F2O4/c1-2-25-18(24)19(17(22)23,11-13-7-3-5-9-15(13)20)12-14-8-4-6-10-16(14)21/h3-10H,2,11-12H2,1H3,(H,22,23)/p-1. The fourth-order valence-corrected chi connectivity index (χ4v) is 2.64. The van der Waals surface area contributed by atoms with Crippen molar-refractivity contribution in [1.82, 2.24) is 0 Å². The summed E-state index contributed by atoms with van der Waals surface area (Å²) in [4.78, 5) is 24.4. The Labute approximate surface area is 144 Å². The van der Waals surface area contributed by atoms with Crippen molar-refractivity contribution < 1.29 is 28.2 Å². The van der Waals surface area contributed by atoms with Crippen LogP contribution < -0.4 is 5.11 Å². The van der Waals surface area contributed by atoms with Crippen LogP contribution in [0.15, 0.2) is 48.5 Å². The third-order valence-electron chi connectivity index (χ3n) is 3.96. The summed E-state index contributed by atoms with van der Waals surface area (Å²) in [6, 6.07) is 11.0. The molecule has 0 aromatic heterocycles. The highest BCUT2D eigenvalue weighted by molar-refractivity contribution is 5.99. The topological polar surface area (TPSA) is 66.4 Å². The quantitative estimate of drug-likeness (QED) is 0.568. The van der Waals surface area contributed by atoms with Crippen LogP contribution >= 0.6 is 0 Å². The van der Waals surface area contributed by atoms with E-state index in [4.69, 9.17) is 4.74 Å². The zero-order valence-electron chi connectivity index (χ0n) is 13.6.